The Hall–Kier alpha value is -0.120. The topological polar surface area (TPSA) is 32.7 Å². The minimum absolute atomic E-state index is 0.394. The number of ether oxygens (including phenoxy) is 1. The van der Waals surface area contributed by atoms with E-state index in [1.54, 1.807) is 0 Å². The summed E-state index contributed by atoms with van der Waals surface area (Å²) in [6.45, 7) is 9.73. The van der Waals surface area contributed by atoms with E-state index in [1.807, 2.05) is 13.8 Å². The van der Waals surface area contributed by atoms with Crippen LogP contribution in [0.15, 0.2) is 0 Å². The Morgan fingerprint density at radius 1 is 1.50 bits per heavy atom. The Kier molecular flexibility index (Phi) is 4.35. The van der Waals surface area contributed by atoms with Gasteiger partial charge in [0.05, 0.1) is 18.3 Å². The molecule has 1 rings (SSSR count). The van der Waals surface area contributed by atoms with Gasteiger partial charge in [0.1, 0.15) is 0 Å². The number of nitrogens with zero attached hydrogens (tertiary/aromatic N) is 1. The van der Waals surface area contributed by atoms with Crippen LogP contribution in [-0.2, 0) is 4.74 Å². The number of rotatable bonds is 4. The van der Waals surface area contributed by atoms with Crippen molar-refractivity contribution >= 4 is 0 Å². The van der Waals surface area contributed by atoms with Gasteiger partial charge < -0.3 is 9.84 Å². The molecule has 0 bridgehead atoms. The highest BCUT2D eigenvalue weighted by atomic mass is 16.5. The van der Waals surface area contributed by atoms with E-state index in [9.17, 15) is 5.11 Å². The molecular weight excluding hydrogens is 178 g/mol. The minimum Gasteiger partial charge on any atom is -0.390 e. The van der Waals surface area contributed by atoms with Crippen LogP contribution in [0.25, 0.3) is 0 Å². The maximum absolute atomic E-state index is 9.61. The molecule has 84 valence electrons. The molecule has 0 aromatic carbocycles. The van der Waals surface area contributed by atoms with Gasteiger partial charge in [-0.25, -0.2) is 0 Å². The molecule has 1 N–H and O–H groups in total. The van der Waals surface area contributed by atoms with Crippen LogP contribution in [-0.4, -0.2) is 48.0 Å². The zero-order valence-electron chi connectivity index (χ0n) is 9.62. The van der Waals surface area contributed by atoms with Gasteiger partial charge in [0, 0.05) is 19.6 Å². The normalized spacial score (nSPS) is 25.3. The van der Waals surface area contributed by atoms with Gasteiger partial charge in [-0.1, -0.05) is 6.92 Å². The summed E-state index contributed by atoms with van der Waals surface area (Å²) in [5.41, 5.74) is -0.542. The van der Waals surface area contributed by atoms with E-state index >= 15 is 0 Å². The molecule has 1 atom stereocenters. The Labute approximate surface area is 87.1 Å². The molecule has 0 saturated carbocycles. The largest absolute Gasteiger partial charge is 0.390 e. The second-order valence-electron chi connectivity index (χ2n) is 4.76. The molecule has 0 aromatic heterocycles. The summed E-state index contributed by atoms with van der Waals surface area (Å²) in [5, 5.41) is 9.61. The third kappa shape index (κ3) is 4.40. The number of hydrogen-bond donors (Lipinski definition) is 1. The average molecular weight is 201 g/mol. The van der Waals surface area contributed by atoms with Crippen molar-refractivity contribution < 1.29 is 9.84 Å². The summed E-state index contributed by atoms with van der Waals surface area (Å²) < 4.78 is 5.59. The fourth-order valence-electron chi connectivity index (χ4n) is 1.66. The monoisotopic (exact) mass is 201 g/mol. The van der Waals surface area contributed by atoms with E-state index in [0.717, 1.165) is 39.1 Å². The predicted octanol–water partition coefficient (Wildman–Crippen LogP) is 1.26. The lowest BCUT2D eigenvalue weighted by Crippen LogP contribution is -2.43. The lowest BCUT2D eigenvalue weighted by molar-refractivity contribution is -0.0377. The highest BCUT2D eigenvalue weighted by Crippen LogP contribution is 2.12. The molecule has 1 aliphatic rings. The van der Waals surface area contributed by atoms with Crippen molar-refractivity contribution in [1.82, 2.24) is 4.90 Å². The molecule has 3 heteroatoms. The van der Waals surface area contributed by atoms with Crippen molar-refractivity contribution in [2.45, 2.75) is 45.3 Å². The fourth-order valence-corrected chi connectivity index (χ4v) is 1.66. The van der Waals surface area contributed by atoms with Gasteiger partial charge in [0.2, 0.25) is 0 Å². The number of aliphatic hydroxyl groups is 1. The molecule has 1 aliphatic heterocycles. The first kappa shape index (κ1) is 12.0. The second-order valence-corrected chi connectivity index (χ2v) is 4.76. The van der Waals surface area contributed by atoms with Gasteiger partial charge in [-0.2, -0.15) is 0 Å². The van der Waals surface area contributed by atoms with Crippen molar-refractivity contribution in [1.29, 1.82) is 0 Å². The van der Waals surface area contributed by atoms with E-state index in [1.165, 1.54) is 0 Å². The summed E-state index contributed by atoms with van der Waals surface area (Å²) in [7, 11) is 0. The van der Waals surface area contributed by atoms with E-state index < -0.39 is 5.60 Å². The lowest BCUT2D eigenvalue weighted by Gasteiger charge is -2.33. The molecule has 0 radical (unpaired) electrons. The van der Waals surface area contributed by atoms with Gasteiger partial charge in [0.15, 0.2) is 0 Å². The number of hydrogen-bond acceptors (Lipinski definition) is 3. The first-order valence-electron chi connectivity index (χ1n) is 5.57. The van der Waals surface area contributed by atoms with Gasteiger partial charge in [-0.3, -0.25) is 4.90 Å². The summed E-state index contributed by atoms with van der Waals surface area (Å²) in [6, 6.07) is 0. The zero-order valence-corrected chi connectivity index (χ0v) is 9.62. The molecule has 0 aliphatic carbocycles. The third-order valence-electron chi connectivity index (χ3n) is 2.72. The molecule has 1 heterocycles. The summed E-state index contributed by atoms with van der Waals surface area (Å²) in [6.07, 6.45) is 2.31. The quantitative estimate of drug-likeness (QED) is 0.743. The van der Waals surface area contributed by atoms with Crippen molar-refractivity contribution in [2.75, 3.05) is 26.2 Å². The van der Waals surface area contributed by atoms with Crippen molar-refractivity contribution in [3.05, 3.63) is 0 Å². The van der Waals surface area contributed by atoms with Crippen LogP contribution in [0, 0.1) is 0 Å². The Bertz CT molecular complexity index is 165. The Balaban J connectivity index is 2.24. The van der Waals surface area contributed by atoms with E-state index in [4.69, 9.17) is 4.74 Å². The molecule has 0 spiro atoms. The van der Waals surface area contributed by atoms with Crippen LogP contribution in [0.1, 0.15) is 33.6 Å². The second kappa shape index (κ2) is 5.10. The fraction of sp³-hybridized carbons (Fsp3) is 1.00. The molecule has 1 saturated heterocycles. The van der Waals surface area contributed by atoms with E-state index in [2.05, 4.69) is 11.8 Å². The maximum atomic E-state index is 9.61. The smallest absolute Gasteiger partial charge is 0.0700 e. The zero-order chi connectivity index (χ0) is 10.6. The predicted molar refractivity (Wildman–Crippen MR) is 57.4 cm³/mol. The molecule has 3 nitrogen and oxygen atoms in total. The lowest BCUT2D eigenvalue weighted by atomic mass is 10.1. The van der Waals surface area contributed by atoms with Crippen molar-refractivity contribution in [3.8, 4) is 0 Å². The average Bonchev–Trinajstić information content (AvgIpc) is 2.14. The van der Waals surface area contributed by atoms with Crippen LogP contribution in [0.5, 0.6) is 0 Å². The van der Waals surface area contributed by atoms with Crippen molar-refractivity contribution in [3.63, 3.8) is 0 Å². The van der Waals surface area contributed by atoms with Crippen LogP contribution in [0.2, 0.25) is 0 Å². The molecule has 1 fully saturated rings. The third-order valence-corrected chi connectivity index (χ3v) is 2.72. The van der Waals surface area contributed by atoms with Gasteiger partial charge in [0.25, 0.3) is 0 Å². The highest BCUT2D eigenvalue weighted by Gasteiger charge is 2.21. The maximum Gasteiger partial charge on any atom is 0.0700 e. The van der Waals surface area contributed by atoms with E-state index in [0.29, 0.717) is 6.10 Å². The first-order chi connectivity index (χ1) is 6.51. The van der Waals surface area contributed by atoms with E-state index in [-0.39, 0.29) is 0 Å². The van der Waals surface area contributed by atoms with Gasteiger partial charge in [-0.15, -0.1) is 0 Å². The molecular formula is C11H23NO2. The minimum atomic E-state index is -0.542. The molecule has 1 unspecified atom stereocenters. The SMILES string of the molecule is CCC1CN(CCC(C)(C)O)CCO1. The first-order valence-corrected chi connectivity index (χ1v) is 5.57. The Morgan fingerprint density at radius 3 is 2.79 bits per heavy atom. The van der Waals surface area contributed by atoms with Crippen LogP contribution < -0.4 is 0 Å². The Morgan fingerprint density at radius 2 is 2.21 bits per heavy atom. The number of morpholine rings is 1. The van der Waals surface area contributed by atoms with Gasteiger partial charge >= 0.3 is 0 Å². The van der Waals surface area contributed by atoms with Crippen LogP contribution in [0.3, 0.4) is 0 Å². The summed E-state index contributed by atoms with van der Waals surface area (Å²) in [4.78, 5) is 2.38. The van der Waals surface area contributed by atoms with Gasteiger partial charge in [-0.05, 0) is 26.7 Å². The van der Waals surface area contributed by atoms with Crippen molar-refractivity contribution in [2.24, 2.45) is 0 Å². The summed E-state index contributed by atoms with van der Waals surface area (Å²) in [5.74, 6) is 0. The summed E-state index contributed by atoms with van der Waals surface area (Å²) >= 11 is 0. The van der Waals surface area contributed by atoms with Crippen LogP contribution in [0.4, 0.5) is 0 Å². The van der Waals surface area contributed by atoms with Crippen LogP contribution >= 0.6 is 0 Å². The highest BCUT2D eigenvalue weighted by molar-refractivity contribution is 4.74. The standard InChI is InChI=1S/C11H23NO2/c1-4-10-9-12(7-8-14-10)6-5-11(2,3)13/h10,13H,4-9H2,1-3H3. The molecule has 0 aromatic rings. The molecule has 0 amide bonds. The molecule has 14 heavy (non-hydrogen) atoms.